The molecule has 0 amide bonds. The zero-order valence-electron chi connectivity index (χ0n) is 17.0. The number of anilines is 2. The first kappa shape index (κ1) is 20.1. The maximum absolute atomic E-state index is 14.3. The lowest BCUT2D eigenvalue weighted by atomic mass is 10.1. The van der Waals surface area contributed by atoms with Gasteiger partial charge in [-0.3, -0.25) is 4.68 Å². The van der Waals surface area contributed by atoms with Crippen LogP contribution in [0.2, 0.25) is 5.02 Å². The number of rotatable bonds is 4. The quantitative estimate of drug-likeness (QED) is 0.406. The highest BCUT2D eigenvalue weighted by molar-refractivity contribution is 6.35. The Bertz CT molecular complexity index is 1470. The molecule has 0 aliphatic carbocycles. The second-order valence-corrected chi connectivity index (χ2v) is 7.54. The number of nitrogens with one attached hydrogen (secondary N) is 1. The van der Waals surface area contributed by atoms with Gasteiger partial charge in [0.1, 0.15) is 40.3 Å². The van der Waals surface area contributed by atoms with Gasteiger partial charge in [-0.1, -0.05) is 29.8 Å². The number of hydrogen-bond donors (Lipinski definition) is 1. The third-order valence-electron chi connectivity index (χ3n) is 5.06. The zero-order valence-corrected chi connectivity index (χ0v) is 17.8. The summed E-state index contributed by atoms with van der Waals surface area (Å²) in [4.78, 5) is 8.59. The monoisotopic (exact) mass is 451 g/mol. The second kappa shape index (κ2) is 7.69. The van der Waals surface area contributed by atoms with Crippen molar-refractivity contribution < 1.29 is 8.78 Å². The Kier molecular flexibility index (Phi) is 4.82. The van der Waals surface area contributed by atoms with E-state index in [1.165, 1.54) is 17.1 Å². The van der Waals surface area contributed by atoms with Crippen LogP contribution in [-0.4, -0.2) is 29.5 Å². The SMILES string of the molecule is Cc1nn(-c2cc(Nc3c(Cl)c(-c4ccc(F)cc4F)nn3C)ncn2)c2ccccc12. The first-order valence-corrected chi connectivity index (χ1v) is 10.0. The number of fused-ring (bicyclic) bond motifs is 1. The summed E-state index contributed by atoms with van der Waals surface area (Å²) >= 11 is 6.50. The molecule has 7 nitrogen and oxygen atoms in total. The Balaban J connectivity index is 1.52. The van der Waals surface area contributed by atoms with Crippen LogP contribution in [0.5, 0.6) is 0 Å². The first-order chi connectivity index (χ1) is 15.4. The van der Waals surface area contributed by atoms with Crippen molar-refractivity contribution in [3.8, 4) is 17.1 Å². The largest absolute Gasteiger partial charge is 0.324 e. The molecule has 5 rings (SSSR count). The van der Waals surface area contributed by atoms with Crippen LogP contribution in [0, 0.1) is 18.6 Å². The van der Waals surface area contributed by atoms with Gasteiger partial charge in [0.2, 0.25) is 0 Å². The maximum atomic E-state index is 14.3. The predicted molar refractivity (Wildman–Crippen MR) is 118 cm³/mol. The van der Waals surface area contributed by atoms with Gasteiger partial charge in [0.05, 0.1) is 11.2 Å². The topological polar surface area (TPSA) is 73.5 Å². The van der Waals surface area contributed by atoms with Crippen LogP contribution in [0.15, 0.2) is 54.9 Å². The highest BCUT2D eigenvalue weighted by atomic mass is 35.5. The van der Waals surface area contributed by atoms with Crippen LogP contribution in [0.25, 0.3) is 28.0 Å². The Morgan fingerprint density at radius 2 is 1.81 bits per heavy atom. The van der Waals surface area contributed by atoms with Crippen molar-refractivity contribution in [3.63, 3.8) is 0 Å². The van der Waals surface area contributed by atoms with E-state index in [1.807, 2.05) is 31.2 Å². The number of halogens is 3. The summed E-state index contributed by atoms with van der Waals surface area (Å²) in [6.07, 6.45) is 1.41. The molecule has 1 N–H and O–H groups in total. The first-order valence-electron chi connectivity index (χ1n) is 9.64. The molecule has 0 aliphatic rings. The molecule has 5 aromatic rings. The molecule has 0 radical (unpaired) electrons. The van der Waals surface area contributed by atoms with Crippen molar-refractivity contribution in [2.24, 2.45) is 7.05 Å². The summed E-state index contributed by atoms with van der Waals surface area (Å²) in [6.45, 7) is 1.94. The van der Waals surface area contributed by atoms with Gasteiger partial charge in [0, 0.05) is 30.1 Å². The lowest BCUT2D eigenvalue weighted by Crippen LogP contribution is -2.05. The molecule has 32 heavy (non-hydrogen) atoms. The van der Waals surface area contributed by atoms with Gasteiger partial charge in [-0.15, -0.1) is 0 Å². The fraction of sp³-hybridized carbons (Fsp3) is 0.0909. The van der Waals surface area contributed by atoms with Crippen LogP contribution in [0.3, 0.4) is 0 Å². The van der Waals surface area contributed by atoms with Gasteiger partial charge < -0.3 is 5.32 Å². The molecule has 0 atom stereocenters. The molecular weight excluding hydrogens is 436 g/mol. The molecule has 0 fully saturated rings. The van der Waals surface area contributed by atoms with Gasteiger partial charge in [-0.25, -0.2) is 23.4 Å². The number of benzene rings is 2. The zero-order chi connectivity index (χ0) is 22.4. The van der Waals surface area contributed by atoms with E-state index in [4.69, 9.17) is 11.6 Å². The second-order valence-electron chi connectivity index (χ2n) is 7.16. The van der Waals surface area contributed by atoms with Crippen LogP contribution in [0.4, 0.5) is 20.4 Å². The summed E-state index contributed by atoms with van der Waals surface area (Å²) in [6, 6.07) is 12.8. The van der Waals surface area contributed by atoms with Crippen LogP contribution in [0.1, 0.15) is 5.69 Å². The van der Waals surface area contributed by atoms with Crippen molar-refractivity contribution >= 4 is 34.1 Å². The molecule has 0 bridgehead atoms. The normalized spacial score (nSPS) is 11.3. The maximum Gasteiger partial charge on any atom is 0.159 e. The molecule has 3 heterocycles. The van der Waals surface area contributed by atoms with E-state index in [-0.39, 0.29) is 16.3 Å². The molecule has 2 aromatic carbocycles. The molecule has 0 unspecified atom stereocenters. The van der Waals surface area contributed by atoms with Gasteiger partial charge in [-0.2, -0.15) is 10.2 Å². The van der Waals surface area contributed by atoms with E-state index in [0.717, 1.165) is 28.7 Å². The average molecular weight is 452 g/mol. The third-order valence-corrected chi connectivity index (χ3v) is 5.42. The molecule has 0 aliphatic heterocycles. The van der Waals surface area contributed by atoms with E-state index >= 15 is 0 Å². The fourth-order valence-electron chi connectivity index (χ4n) is 3.54. The van der Waals surface area contributed by atoms with Gasteiger partial charge >= 0.3 is 0 Å². The minimum absolute atomic E-state index is 0.0990. The van der Waals surface area contributed by atoms with Crippen LogP contribution < -0.4 is 5.32 Å². The number of hydrogen-bond acceptors (Lipinski definition) is 5. The summed E-state index contributed by atoms with van der Waals surface area (Å²) in [5.74, 6) is -0.0111. The highest BCUT2D eigenvalue weighted by Crippen LogP contribution is 2.35. The van der Waals surface area contributed by atoms with Crippen LogP contribution >= 0.6 is 11.6 Å². The fourth-order valence-corrected chi connectivity index (χ4v) is 3.85. The Morgan fingerprint density at radius 1 is 1.00 bits per heavy atom. The smallest absolute Gasteiger partial charge is 0.159 e. The molecule has 0 saturated heterocycles. The van der Waals surface area contributed by atoms with Gasteiger partial charge in [-0.05, 0) is 25.1 Å². The van der Waals surface area contributed by atoms with E-state index in [9.17, 15) is 8.78 Å². The van der Waals surface area contributed by atoms with Crippen molar-refractivity contribution in [3.05, 3.63) is 77.2 Å². The van der Waals surface area contributed by atoms with Crippen LogP contribution in [-0.2, 0) is 7.05 Å². The van der Waals surface area contributed by atoms with Gasteiger partial charge in [0.15, 0.2) is 5.82 Å². The summed E-state index contributed by atoms with van der Waals surface area (Å²) < 4.78 is 30.7. The van der Waals surface area contributed by atoms with Crippen molar-refractivity contribution in [2.75, 3.05) is 5.32 Å². The molecule has 0 spiro atoms. The van der Waals surface area contributed by atoms with E-state index < -0.39 is 11.6 Å². The standard InChI is InChI=1S/C22H16ClF2N7/c1-12-14-5-3-4-6-17(14)32(29-12)19-10-18(26-11-27-19)28-22-20(23)21(30-31(22)2)15-8-7-13(24)9-16(15)25/h3-11H,1-2H3,(H,26,27,28). The van der Waals surface area contributed by atoms with Crippen molar-refractivity contribution in [1.29, 1.82) is 0 Å². The number of nitrogens with zero attached hydrogens (tertiary/aromatic N) is 6. The summed E-state index contributed by atoms with van der Waals surface area (Å²) in [7, 11) is 1.66. The number of aryl methyl sites for hydroxylation is 2. The minimum Gasteiger partial charge on any atom is -0.324 e. The van der Waals surface area contributed by atoms with E-state index in [2.05, 4.69) is 25.5 Å². The average Bonchev–Trinajstić information content (AvgIpc) is 3.26. The lowest BCUT2D eigenvalue weighted by molar-refractivity contribution is 0.585. The highest BCUT2D eigenvalue weighted by Gasteiger charge is 2.20. The predicted octanol–water partition coefficient (Wildman–Crippen LogP) is 5.20. The van der Waals surface area contributed by atoms with E-state index in [1.54, 1.807) is 17.8 Å². The molecule has 0 saturated carbocycles. The van der Waals surface area contributed by atoms with Crippen molar-refractivity contribution in [2.45, 2.75) is 6.92 Å². The minimum atomic E-state index is -0.748. The Hall–Kier alpha value is -3.85. The molecule has 10 heteroatoms. The number of aromatic nitrogens is 6. The van der Waals surface area contributed by atoms with E-state index in [0.29, 0.717) is 17.5 Å². The number of para-hydroxylation sites is 1. The molecular formula is C22H16ClF2N7. The van der Waals surface area contributed by atoms with Crippen molar-refractivity contribution in [1.82, 2.24) is 29.5 Å². The van der Waals surface area contributed by atoms with Gasteiger partial charge in [0.25, 0.3) is 0 Å². The summed E-state index contributed by atoms with van der Waals surface area (Å²) in [5.41, 5.74) is 2.09. The molecule has 3 aromatic heterocycles. The lowest BCUT2D eigenvalue weighted by Gasteiger charge is -2.08. The summed E-state index contributed by atoms with van der Waals surface area (Å²) in [5, 5.41) is 13.2. The Labute approximate surface area is 186 Å². The Morgan fingerprint density at radius 3 is 2.62 bits per heavy atom. The third kappa shape index (κ3) is 3.36. The molecule has 160 valence electrons.